The second-order valence-electron chi connectivity index (χ2n) is 9.26. The van der Waals surface area contributed by atoms with Crippen molar-refractivity contribution in [1.29, 1.82) is 0 Å². The van der Waals surface area contributed by atoms with E-state index in [4.69, 9.17) is 9.15 Å². The molecule has 0 bridgehead atoms. The Balaban J connectivity index is 1.66. The molecule has 0 saturated heterocycles. The number of carbonyl (C=O) groups is 1. The van der Waals surface area contributed by atoms with Crippen molar-refractivity contribution in [3.05, 3.63) is 88.9 Å². The molecule has 186 valence electrons. The molecule has 0 fully saturated rings. The zero-order valence-electron chi connectivity index (χ0n) is 20.5. The van der Waals surface area contributed by atoms with Crippen molar-refractivity contribution in [2.45, 2.75) is 45.9 Å². The van der Waals surface area contributed by atoms with Crippen LogP contribution in [0.2, 0.25) is 0 Å². The highest BCUT2D eigenvalue weighted by Crippen LogP contribution is 2.24. The molecule has 2 aromatic carbocycles. The monoisotopic (exact) mass is 490 g/mol. The number of esters is 1. The zero-order chi connectivity index (χ0) is 25.9. The molecular formula is C27H27FN4O4. The van der Waals surface area contributed by atoms with Gasteiger partial charge in [0.05, 0.1) is 17.8 Å². The lowest BCUT2D eigenvalue weighted by Gasteiger charge is -2.21. The molecule has 0 saturated carbocycles. The van der Waals surface area contributed by atoms with Gasteiger partial charge in [0.25, 0.3) is 5.56 Å². The summed E-state index contributed by atoms with van der Waals surface area (Å²) in [4.78, 5) is 34.9. The average Bonchev–Trinajstić information content (AvgIpc) is 3.32. The van der Waals surface area contributed by atoms with E-state index in [-0.39, 0.29) is 17.1 Å². The van der Waals surface area contributed by atoms with Crippen LogP contribution in [0.4, 0.5) is 10.1 Å². The fourth-order valence-electron chi connectivity index (χ4n) is 3.60. The smallest absolute Gasteiger partial charge is 0.326 e. The van der Waals surface area contributed by atoms with Crippen LogP contribution >= 0.6 is 0 Å². The summed E-state index contributed by atoms with van der Waals surface area (Å²) >= 11 is 0. The highest BCUT2D eigenvalue weighted by molar-refractivity contribution is 5.71. The lowest BCUT2D eigenvalue weighted by atomic mass is 10.2. The molecule has 1 N–H and O–H groups in total. The first-order valence-electron chi connectivity index (χ1n) is 11.5. The molecule has 0 amide bonds. The average molecular weight is 491 g/mol. The second-order valence-corrected chi connectivity index (χ2v) is 9.26. The number of nitrogens with one attached hydrogen (secondary N) is 1. The molecule has 36 heavy (non-hydrogen) atoms. The van der Waals surface area contributed by atoms with Crippen LogP contribution in [-0.4, -0.2) is 26.1 Å². The molecule has 0 unspecified atom stereocenters. The van der Waals surface area contributed by atoms with Crippen molar-refractivity contribution in [2.24, 2.45) is 0 Å². The van der Waals surface area contributed by atoms with Crippen LogP contribution in [0.5, 0.6) is 0 Å². The van der Waals surface area contributed by atoms with E-state index in [0.29, 0.717) is 11.6 Å². The Labute approximate surface area is 207 Å². The van der Waals surface area contributed by atoms with Crippen LogP contribution < -0.4 is 10.9 Å². The minimum absolute atomic E-state index is 0.0231. The Morgan fingerprint density at radius 1 is 1.14 bits per heavy atom. The van der Waals surface area contributed by atoms with E-state index >= 15 is 0 Å². The molecule has 0 radical (unpaired) electrons. The SMILES string of the molecule is C[C@@H](Nc1cnc(-c2ccccc2F)n(CC(=O)OC(C)(C)C)c1=O)c1coc(-c2ccccc2)n1. The number of carbonyl (C=O) groups excluding carboxylic acids is 1. The quantitative estimate of drug-likeness (QED) is 0.355. The number of rotatable bonds is 7. The van der Waals surface area contributed by atoms with Crippen molar-refractivity contribution in [3.8, 4) is 22.8 Å². The molecule has 2 aromatic heterocycles. The molecular weight excluding hydrogens is 463 g/mol. The lowest BCUT2D eigenvalue weighted by molar-refractivity contribution is -0.155. The van der Waals surface area contributed by atoms with E-state index in [1.165, 1.54) is 30.7 Å². The van der Waals surface area contributed by atoms with E-state index in [9.17, 15) is 14.0 Å². The van der Waals surface area contributed by atoms with Crippen LogP contribution in [0.25, 0.3) is 22.8 Å². The fourth-order valence-corrected chi connectivity index (χ4v) is 3.60. The molecule has 0 aliphatic rings. The maximum absolute atomic E-state index is 14.6. The largest absolute Gasteiger partial charge is 0.459 e. The molecule has 8 nitrogen and oxygen atoms in total. The first kappa shape index (κ1) is 24.8. The van der Waals surface area contributed by atoms with Gasteiger partial charge >= 0.3 is 5.97 Å². The molecule has 4 rings (SSSR count). The Morgan fingerprint density at radius 3 is 2.53 bits per heavy atom. The van der Waals surface area contributed by atoms with Crippen molar-refractivity contribution < 1.29 is 18.3 Å². The van der Waals surface area contributed by atoms with Crippen molar-refractivity contribution in [3.63, 3.8) is 0 Å². The summed E-state index contributed by atoms with van der Waals surface area (Å²) in [5, 5.41) is 3.08. The second kappa shape index (κ2) is 10.2. The Bertz CT molecular complexity index is 1420. The van der Waals surface area contributed by atoms with Gasteiger partial charge in [0.2, 0.25) is 5.89 Å². The lowest BCUT2D eigenvalue weighted by Crippen LogP contribution is -2.33. The first-order valence-corrected chi connectivity index (χ1v) is 11.5. The molecule has 2 heterocycles. The van der Waals surface area contributed by atoms with Crippen LogP contribution in [-0.2, 0) is 16.1 Å². The van der Waals surface area contributed by atoms with Crippen molar-refractivity contribution in [1.82, 2.24) is 14.5 Å². The predicted molar refractivity (Wildman–Crippen MR) is 134 cm³/mol. The molecule has 0 aliphatic carbocycles. The zero-order valence-corrected chi connectivity index (χ0v) is 20.5. The summed E-state index contributed by atoms with van der Waals surface area (Å²) in [6.07, 6.45) is 2.84. The molecule has 0 aliphatic heterocycles. The summed E-state index contributed by atoms with van der Waals surface area (Å²) in [5.41, 5.74) is 0.321. The first-order chi connectivity index (χ1) is 17.1. The molecule has 4 aromatic rings. The van der Waals surface area contributed by atoms with E-state index in [1.807, 2.05) is 37.3 Å². The van der Waals surface area contributed by atoms with Gasteiger partial charge in [0, 0.05) is 5.56 Å². The summed E-state index contributed by atoms with van der Waals surface area (Å²) in [5.74, 6) is -0.727. The Hall–Kier alpha value is -4.27. The van der Waals surface area contributed by atoms with Crippen LogP contribution in [0.1, 0.15) is 39.4 Å². The number of hydrogen-bond acceptors (Lipinski definition) is 7. The van der Waals surface area contributed by atoms with Gasteiger partial charge in [-0.25, -0.2) is 14.4 Å². The van der Waals surface area contributed by atoms with Gasteiger partial charge in [-0.15, -0.1) is 0 Å². The standard InChI is InChI=1S/C27H27FN4O4/c1-17(22-16-35-25(31-22)18-10-6-5-7-11-18)30-21-14-29-24(19-12-8-9-13-20(19)28)32(26(21)34)15-23(33)36-27(2,3)4/h5-14,16-17,30H,15H2,1-4H3/t17-/m1/s1. The number of halogens is 1. The molecule has 1 atom stereocenters. The third kappa shape index (κ3) is 5.68. The summed E-state index contributed by atoms with van der Waals surface area (Å²) in [7, 11) is 0. The molecule has 9 heteroatoms. The maximum atomic E-state index is 14.6. The van der Waals surface area contributed by atoms with Crippen molar-refractivity contribution in [2.75, 3.05) is 5.32 Å². The summed E-state index contributed by atoms with van der Waals surface area (Å²) < 4.78 is 26.7. The third-order valence-corrected chi connectivity index (χ3v) is 5.23. The van der Waals surface area contributed by atoms with Crippen LogP contribution in [0, 0.1) is 5.82 Å². The number of anilines is 1. The number of oxazole rings is 1. The van der Waals surface area contributed by atoms with Crippen molar-refractivity contribution >= 4 is 11.7 Å². The van der Waals surface area contributed by atoms with E-state index in [2.05, 4.69) is 15.3 Å². The minimum Gasteiger partial charge on any atom is -0.459 e. The number of hydrogen-bond donors (Lipinski definition) is 1. The van der Waals surface area contributed by atoms with E-state index < -0.39 is 35.5 Å². The van der Waals surface area contributed by atoms with Gasteiger partial charge in [-0.3, -0.25) is 14.2 Å². The Morgan fingerprint density at radius 2 is 1.83 bits per heavy atom. The third-order valence-electron chi connectivity index (χ3n) is 5.23. The predicted octanol–water partition coefficient (Wildman–Crippen LogP) is 5.22. The molecule has 0 spiro atoms. The van der Waals surface area contributed by atoms with Gasteiger partial charge in [0.15, 0.2) is 0 Å². The maximum Gasteiger partial charge on any atom is 0.326 e. The summed E-state index contributed by atoms with van der Waals surface area (Å²) in [6.45, 7) is 6.56. The van der Waals surface area contributed by atoms with Gasteiger partial charge in [0.1, 0.15) is 41.4 Å². The van der Waals surface area contributed by atoms with Gasteiger partial charge < -0.3 is 14.5 Å². The number of nitrogens with zero attached hydrogens (tertiary/aromatic N) is 3. The van der Waals surface area contributed by atoms with Gasteiger partial charge in [-0.1, -0.05) is 30.3 Å². The Kier molecular flexibility index (Phi) is 7.00. The summed E-state index contributed by atoms with van der Waals surface area (Å²) in [6, 6.07) is 14.9. The van der Waals surface area contributed by atoms with E-state index in [0.717, 1.165) is 10.1 Å². The normalized spacial score (nSPS) is 12.2. The van der Waals surface area contributed by atoms with Gasteiger partial charge in [-0.05, 0) is 52.0 Å². The highest BCUT2D eigenvalue weighted by atomic mass is 19.1. The topological polar surface area (TPSA) is 99.2 Å². The van der Waals surface area contributed by atoms with Crippen LogP contribution in [0.3, 0.4) is 0 Å². The van der Waals surface area contributed by atoms with Crippen LogP contribution in [0.15, 0.2) is 76.3 Å². The number of benzene rings is 2. The minimum atomic E-state index is -0.750. The highest BCUT2D eigenvalue weighted by Gasteiger charge is 2.22. The fraction of sp³-hybridized carbons (Fsp3) is 0.259. The van der Waals surface area contributed by atoms with Gasteiger partial charge in [-0.2, -0.15) is 0 Å². The number of ether oxygens (including phenoxy) is 1. The number of aromatic nitrogens is 3. The van der Waals surface area contributed by atoms with E-state index in [1.54, 1.807) is 26.8 Å².